The first-order valence-corrected chi connectivity index (χ1v) is 8.05. The molecule has 1 N–H and O–H groups in total. The van der Waals surface area contributed by atoms with E-state index >= 15 is 0 Å². The highest BCUT2D eigenvalue weighted by Gasteiger charge is 2.30. The summed E-state index contributed by atoms with van der Waals surface area (Å²) in [4.78, 5) is 19.7. The zero-order valence-electron chi connectivity index (χ0n) is 11.9. The molecule has 0 unspecified atom stereocenters. The van der Waals surface area contributed by atoms with Crippen molar-refractivity contribution in [3.63, 3.8) is 0 Å². The molecule has 0 radical (unpaired) electrons. The second-order valence-electron chi connectivity index (χ2n) is 5.83. The molecule has 108 valence electrons. The van der Waals surface area contributed by atoms with Crippen LogP contribution in [0.2, 0.25) is 0 Å². The SMILES string of the molecule is CCCCCn1c2c(c(=O)[nH]c1=S)CC(C1CCC1)=N2. The van der Waals surface area contributed by atoms with E-state index in [9.17, 15) is 4.79 Å². The predicted octanol–water partition coefficient (Wildman–Crippen LogP) is 3.52. The van der Waals surface area contributed by atoms with Gasteiger partial charge in [0.05, 0.1) is 5.56 Å². The first kappa shape index (κ1) is 13.7. The minimum atomic E-state index is -0.0465. The highest BCUT2D eigenvalue weighted by molar-refractivity contribution is 7.71. The van der Waals surface area contributed by atoms with Crippen LogP contribution in [0.3, 0.4) is 0 Å². The van der Waals surface area contributed by atoms with E-state index in [0.29, 0.717) is 10.7 Å². The van der Waals surface area contributed by atoms with Gasteiger partial charge in [0, 0.05) is 18.7 Å². The van der Waals surface area contributed by atoms with E-state index in [-0.39, 0.29) is 5.56 Å². The van der Waals surface area contributed by atoms with Gasteiger partial charge in [0.1, 0.15) is 5.82 Å². The van der Waals surface area contributed by atoms with Crippen molar-refractivity contribution >= 4 is 23.7 Å². The van der Waals surface area contributed by atoms with Gasteiger partial charge in [-0.15, -0.1) is 0 Å². The summed E-state index contributed by atoms with van der Waals surface area (Å²) in [5, 5.41) is 0. The fraction of sp³-hybridized carbons (Fsp3) is 0.667. The van der Waals surface area contributed by atoms with Crippen molar-refractivity contribution in [1.29, 1.82) is 0 Å². The van der Waals surface area contributed by atoms with Gasteiger partial charge in [0.25, 0.3) is 5.56 Å². The molecule has 0 saturated heterocycles. The van der Waals surface area contributed by atoms with Crippen molar-refractivity contribution in [1.82, 2.24) is 9.55 Å². The van der Waals surface area contributed by atoms with Crippen LogP contribution in [0.4, 0.5) is 5.82 Å². The molecule has 20 heavy (non-hydrogen) atoms. The normalized spacial score (nSPS) is 17.8. The lowest BCUT2D eigenvalue weighted by Crippen LogP contribution is -2.23. The van der Waals surface area contributed by atoms with Crippen molar-refractivity contribution < 1.29 is 0 Å². The van der Waals surface area contributed by atoms with E-state index in [1.807, 2.05) is 4.57 Å². The summed E-state index contributed by atoms with van der Waals surface area (Å²) in [6.07, 6.45) is 7.89. The summed E-state index contributed by atoms with van der Waals surface area (Å²) < 4.78 is 2.54. The van der Waals surface area contributed by atoms with Crippen LogP contribution >= 0.6 is 12.2 Å². The van der Waals surface area contributed by atoms with E-state index in [1.165, 1.54) is 37.8 Å². The van der Waals surface area contributed by atoms with Gasteiger partial charge in [-0.05, 0) is 37.4 Å². The Hall–Kier alpha value is -1.23. The maximum absolute atomic E-state index is 12.1. The topological polar surface area (TPSA) is 50.1 Å². The van der Waals surface area contributed by atoms with Gasteiger partial charge in [0.15, 0.2) is 4.77 Å². The number of hydrogen-bond donors (Lipinski definition) is 1. The fourth-order valence-corrected chi connectivity index (χ4v) is 3.22. The predicted molar refractivity (Wildman–Crippen MR) is 83.6 cm³/mol. The van der Waals surface area contributed by atoms with Crippen LogP contribution < -0.4 is 5.56 Å². The quantitative estimate of drug-likeness (QED) is 0.666. The summed E-state index contributed by atoms with van der Waals surface area (Å²) >= 11 is 5.32. The molecule has 1 aromatic rings. The number of aromatic nitrogens is 2. The van der Waals surface area contributed by atoms with Crippen LogP contribution in [0.15, 0.2) is 9.79 Å². The molecule has 1 saturated carbocycles. The number of unbranched alkanes of at least 4 members (excludes halogenated alkanes) is 2. The summed E-state index contributed by atoms with van der Waals surface area (Å²) in [5.41, 5.74) is 1.97. The lowest BCUT2D eigenvalue weighted by Gasteiger charge is -2.25. The number of nitrogens with zero attached hydrogens (tertiary/aromatic N) is 2. The molecular formula is C15H21N3OS. The molecule has 3 rings (SSSR count). The van der Waals surface area contributed by atoms with E-state index in [0.717, 1.165) is 30.8 Å². The average Bonchev–Trinajstić information content (AvgIpc) is 2.76. The van der Waals surface area contributed by atoms with Crippen LogP contribution in [0.5, 0.6) is 0 Å². The number of nitrogens with one attached hydrogen (secondary N) is 1. The third-order valence-electron chi connectivity index (χ3n) is 4.43. The third kappa shape index (κ3) is 2.39. The summed E-state index contributed by atoms with van der Waals surface area (Å²) in [5.74, 6) is 1.43. The number of rotatable bonds is 5. The van der Waals surface area contributed by atoms with Gasteiger partial charge in [-0.3, -0.25) is 9.78 Å². The summed E-state index contributed by atoms with van der Waals surface area (Å²) in [6, 6.07) is 0. The maximum atomic E-state index is 12.1. The van der Waals surface area contributed by atoms with Gasteiger partial charge in [0.2, 0.25) is 0 Å². The zero-order valence-corrected chi connectivity index (χ0v) is 12.8. The third-order valence-corrected chi connectivity index (χ3v) is 4.76. The largest absolute Gasteiger partial charge is 0.303 e. The Kier molecular flexibility index (Phi) is 3.87. The summed E-state index contributed by atoms with van der Waals surface area (Å²) in [7, 11) is 0. The number of H-pyrrole nitrogens is 1. The van der Waals surface area contributed by atoms with Crippen molar-refractivity contribution in [3.05, 3.63) is 20.7 Å². The Morgan fingerprint density at radius 1 is 1.40 bits per heavy atom. The van der Waals surface area contributed by atoms with Gasteiger partial charge >= 0.3 is 0 Å². The van der Waals surface area contributed by atoms with Gasteiger partial charge < -0.3 is 4.57 Å². The number of hydrogen-bond acceptors (Lipinski definition) is 3. The van der Waals surface area contributed by atoms with Gasteiger partial charge in [-0.25, -0.2) is 4.99 Å². The fourth-order valence-electron chi connectivity index (χ4n) is 2.95. The molecule has 2 aliphatic rings. The van der Waals surface area contributed by atoms with E-state index in [1.54, 1.807) is 0 Å². The van der Waals surface area contributed by atoms with E-state index in [4.69, 9.17) is 17.2 Å². The number of aliphatic imine (C=N–C) groups is 1. The van der Waals surface area contributed by atoms with Crippen LogP contribution in [0.25, 0.3) is 0 Å². The van der Waals surface area contributed by atoms with Gasteiger partial charge in [-0.1, -0.05) is 26.2 Å². The van der Waals surface area contributed by atoms with Crippen molar-refractivity contribution in [3.8, 4) is 0 Å². The van der Waals surface area contributed by atoms with Crippen molar-refractivity contribution in [2.45, 2.75) is 58.4 Å². The Bertz CT molecular complexity index is 652. The molecule has 0 atom stereocenters. The minimum Gasteiger partial charge on any atom is -0.303 e. The molecule has 2 heterocycles. The summed E-state index contributed by atoms with van der Waals surface area (Å²) in [6.45, 7) is 3.04. The second-order valence-corrected chi connectivity index (χ2v) is 6.21. The molecule has 0 aromatic carbocycles. The maximum Gasteiger partial charge on any atom is 0.257 e. The number of aromatic amines is 1. The molecule has 1 fully saturated rings. The molecule has 0 spiro atoms. The minimum absolute atomic E-state index is 0.0465. The number of fused-ring (bicyclic) bond motifs is 1. The molecule has 1 aliphatic carbocycles. The van der Waals surface area contributed by atoms with E-state index < -0.39 is 0 Å². The first-order valence-electron chi connectivity index (χ1n) is 7.64. The Labute approximate surface area is 123 Å². The van der Waals surface area contributed by atoms with E-state index in [2.05, 4.69) is 11.9 Å². The lowest BCUT2D eigenvalue weighted by molar-refractivity contribution is 0.411. The van der Waals surface area contributed by atoms with Crippen LogP contribution in [-0.4, -0.2) is 15.3 Å². The highest BCUT2D eigenvalue weighted by atomic mass is 32.1. The Morgan fingerprint density at radius 2 is 2.20 bits per heavy atom. The smallest absolute Gasteiger partial charge is 0.257 e. The van der Waals surface area contributed by atoms with Crippen molar-refractivity contribution in [2.24, 2.45) is 10.9 Å². The highest BCUT2D eigenvalue weighted by Crippen LogP contribution is 2.35. The van der Waals surface area contributed by atoms with Crippen LogP contribution in [-0.2, 0) is 13.0 Å². The molecular weight excluding hydrogens is 270 g/mol. The van der Waals surface area contributed by atoms with Gasteiger partial charge in [-0.2, -0.15) is 0 Å². The molecule has 1 aromatic heterocycles. The van der Waals surface area contributed by atoms with Crippen LogP contribution in [0, 0.1) is 10.7 Å². The second kappa shape index (κ2) is 5.64. The first-order chi connectivity index (χ1) is 9.70. The molecule has 0 amide bonds. The zero-order chi connectivity index (χ0) is 14.1. The average molecular weight is 291 g/mol. The Morgan fingerprint density at radius 3 is 2.85 bits per heavy atom. The lowest BCUT2D eigenvalue weighted by atomic mass is 9.80. The standard InChI is InChI=1S/C15H21N3OS/c1-2-3-4-8-18-13-11(14(19)17-15(18)20)9-12(16-13)10-6-5-7-10/h10H,2-9H2,1H3,(H,17,19,20). The molecule has 1 aliphatic heterocycles. The van der Waals surface area contributed by atoms with Crippen molar-refractivity contribution in [2.75, 3.05) is 0 Å². The molecule has 0 bridgehead atoms. The molecule has 4 nitrogen and oxygen atoms in total. The monoisotopic (exact) mass is 291 g/mol. The van der Waals surface area contributed by atoms with Crippen LogP contribution in [0.1, 0.15) is 51.0 Å². The Balaban J connectivity index is 1.94. The molecule has 5 heteroatoms.